The van der Waals surface area contributed by atoms with Gasteiger partial charge in [-0.15, -0.1) is 0 Å². The molecule has 0 radical (unpaired) electrons. The zero-order valence-corrected chi connectivity index (χ0v) is 11.4. The minimum atomic E-state index is -0.174. The molecule has 0 aliphatic rings. The molecule has 0 spiro atoms. The molecule has 1 nitrogen and oxygen atoms in total. The Hall–Kier alpha value is -1.26. The average Bonchev–Trinajstić information content (AvgIpc) is 2.41. The van der Waals surface area contributed by atoms with Crippen molar-refractivity contribution in [3.8, 4) is 11.8 Å². The van der Waals surface area contributed by atoms with Crippen molar-refractivity contribution >= 4 is 0 Å². The van der Waals surface area contributed by atoms with Crippen LogP contribution < -0.4 is 0 Å². The highest BCUT2D eigenvalue weighted by atomic mass is 16.3. The Morgan fingerprint density at radius 1 is 1.06 bits per heavy atom. The maximum atomic E-state index is 9.78. The maximum Gasteiger partial charge on any atom is 0.0549 e. The standard InChI is InChI=1S/C17H24O/c1-2-3-4-8-14-17(18)15-10-9-13-16-11-6-5-7-12-16/h5-7,11-12,17-18H,2-4,8,10,14-15H2,1H3. The van der Waals surface area contributed by atoms with E-state index in [-0.39, 0.29) is 6.10 Å². The molecule has 0 bridgehead atoms. The van der Waals surface area contributed by atoms with E-state index in [1.165, 1.54) is 19.3 Å². The Kier molecular flexibility index (Phi) is 8.01. The van der Waals surface area contributed by atoms with Gasteiger partial charge >= 0.3 is 0 Å². The summed E-state index contributed by atoms with van der Waals surface area (Å²) in [5.41, 5.74) is 1.05. The molecule has 1 atom stereocenters. The topological polar surface area (TPSA) is 20.2 Å². The first-order valence-electron chi connectivity index (χ1n) is 7.05. The van der Waals surface area contributed by atoms with E-state index in [0.717, 1.165) is 31.2 Å². The number of hydrogen-bond acceptors (Lipinski definition) is 1. The summed E-state index contributed by atoms with van der Waals surface area (Å²) in [6, 6.07) is 9.99. The first-order valence-corrected chi connectivity index (χ1v) is 7.05. The molecule has 0 aliphatic heterocycles. The van der Waals surface area contributed by atoms with Gasteiger partial charge < -0.3 is 5.11 Å². The second-order valence-corrected chi connectivity index (χ2v) is 4.71. The summed E-state index contributed by atoms with van der Waals surface area (Å²) in [6.45, 7) is 2.20. The Labute approximate surface area is 111 Å². The van der Waals surface area contributed by atoms with E-state index < -0.39 is 0 Å². The molecule has 0 saturated carbocycles. The number of hydrogen-bond donors (Lipinski definition) is 1. The Morgan fingerprint density at radius 2 is 1.83 bits per heavy atom. The molecule has 0 saturated heterocycles. The lowest BCUT2D eigenvalue weighted by Crippen LogP contribution is -2.05. The van der Waals surface area contributed by atoms with Crippen molar-refractivity contribution in [2.75, 3.05) is 0 Å². The molecular formula is C17H24O. The Bertz CT molecular complexity index is 358. The van der Waals surface area contributed by atoms with E-state index in [1.807, 2.05) is 30.3 Å². The van der Waals surface area contributed by atoms with Crippen LogP contribution in [0.25, 0.3) is 0 Å². The third-order valence-corrected chi connectivity index (χ3v) is 3.00. The van der Waals surface area contributed by atoms with Crippen molar-refractivity contribution in [2.24, 2.45) is 0 Å². The predicted octanol–water partition coefficient (Wildman–Crippen LogP) is 4.15. The highest BCUT2D eigenvalue weighted by molar-refractivity contribution is 5.33. The SMILES string of the molecule is CCCCCCC(O)CCC#Cc1ccccc1. The van der Waals surface area contributed by atoms with Gasteiger partial charge in [0.25, 0.3) is 0 Å². The second kappa shape index (κ2) is 9.74. The Morgan fingerprint density at radius 3 is 2.56 bits per heavy atom. The van der Waals surface area contributed by atoms with Gasteiger partial charge in [-0.05, 0) is 25.0 Å². The Balaban J connectivity index is 2.12. The van der Waals surface area contributed by atoms with Crippen LogP contribution in [-0.2, 0) is 0 Å². The fourth-order valence-corrected chi connectivity index (χ4v) is 1.88. The maximum absolute atomic E-state index is 9.78. The van der Waals surface area contributed by atoms with E-state index in [2.05, 4.69) is 18.8 Å². The van der Waals surface area contributed by atoms with Gasteiger partial charge in [0.1, 0.15) is 0 Å². The summed E-state index contributed by atoms with van der Waals surface area (Å²) in [6.07, 6.45) is 7.23. The third-order valence-electron chi connectivity index (χ3n) is 3.00. The van der Waals surface area contributed by atoms with Gasteiger partial charge in [0, 0.05) is 12.0 Å². The van der Waals surface area contributed by atoms with Crippen molar-refractivity contribution in [1.82, 2.24) is 0 Å². The number of aliphatic hydroxyl groups is 1. The smallest absolute Gasteiger partial charge is 0.0549 e. The van der Waals surface area contributed by atoms with Crippen LogP contribution in [0.3, 0.4) is 0 Å². The van der Waals surface area contributed by atoms with Crippen molar-refractivity contribution in [3.63, 3.8) is 0 Å². The molecule has 0 fully saturated rings. The lowest BCUT2D eigenvalue weighted by Gasteiger charge is -2.07. The number of rotatable bonds is 7. The van der Waals surface area contributed by atoms with Crippen LogP contribution in [0.15, 0.2) is 30.3 Å². The molecule has 0 amide bonds. The van der Waals surface area contributed by atoms with Crippen LogP contribution in [0.5, 0.6) is 0 Å². The van der Waals surface area contributed by atoms with E-state index >= 15 is 0 Å². The molecule has 1 rings (SSSR count). The second-order valence-electron chi connectivity index (χ2n) is 4.71. The van der Waals surface area contributed by atoms with E-state index in [9.17, 15) is 5.11 Å². The van der Waals surface area contributed by atoms with Crippen LogP contribution in [0.2, 0.25) is 0 Å². The lowest BCUT2D eigenvalue weighted by atomic mass is 10.1. The lowest BCUT2D eigenvalue weighted by molar-refractivity contribution is 0.152. The third kappa shape index (κ3) is 7.14. The van der Waals surface area contributed by atoms with Gasteiger partial charge in [-0.2, -0.15) is 0 Å². The summed E-state index contributed by atoms with van der Waals surface area (Å²) < 4.78 is 0. The summed E-state index contributed by atoms with van der Waals surface area (Å²) >= 11 is 0. The van der Waals surface area contributed by atoms with Crippen LogP contribution >= 0.6 is 0 Å². The van der Waals surface area contributed by atoms with Gasteiger partial charge in [0.15, 0.2) is 0 Å². The monoisotopic (exact) mass is 244 g/mol. The summed E-state index contributed by atoms with van der Waals surface area (Å²) in [5, 5.41) is 9.78. The fraction of sp³-hybridized carbons (Fsp3) is 0.529. The van der Waals surface area contributed by atoms with Gasteiger partial charge in [-0.25, -0.2) is 0 Å². The normalized spacial score (nSPS) is 11.7. The molecule has 0 heterocycles. The number of aliphatic hydroxyl groups excluding tert-OH is 1. The highest BCUT2D eigenvalue weighted by Crippen LogP contribution is 2.09. The van der Waals surface area contributed by atoms with Crippen LogP contribution in [0, 0.1) is 11.8 Å². The number of benzene rings is 1. The molecular weight excluding hydrogens is 220 g/mol. The van der Waals surface area contributed by atoms with Gasteiger partial charge in [-0.1, -0.05) is 62.6 Å². The van der Waals surface area contributed by atoms with Crippen molar-refractivity contribution in [2.45, 2.75) is 58.0 Å². The van der Waals surface area contributed by atoms with Gasteiger partial charge in [0.05, 0.1) is 6.10 Å². The first-order chi connectivity index (χ1) is 8.83. The largest absolute Gasteiger partial charge is 0.393 e. The fourth-order valence-electron chi connectivity index (χ4n) is 1.88. The van der Waals surface area contributed by atoms with Crippen molar-refractivity contribution in [3.05, 3.63) is 35.9 Å². The van der Waals surface area contributed by atoms with E-state index in [0.29, 0.717) is 0 Å². The molecule has 1 aromatic carbocycles. The van der Waals surface area contributed by atoms with E-state index in [4.69, 9.17) is 0 Å². The number of unbranched alkanes of at least 4 members (excludes halogenated alkanes) is 3. The van der Waals surface area contributed by atoms with Crippen LogP contribution in [0.1, 0.15) is 57.4 Å². The van der Waals surface area contributed by atoms with Gasteiger partial charge in [-0.3, -0.25) is 0 Å². The molecule has 0 aromatic heterocycles. The van der Waals surface area contributed by atoms with Crippen LogP contribution in [0.4, 0.5) is 0 Å². The minimum absolute atomic E-state index is 0.174. The van der Waals surface area contributed by atoms with E-state index in [1.54, 1.807) is 0 Å². The average molecular weight is 244 g/mol. The molecule has 1 heteroatoms. The summed E-state index contributed by atoms with van der Waals surface area (Å²) in [5.74, 6) is 6.24. The zero-order chi connectivity index (χ0) is 13.1. The summed E-state index contributed by atoms with van der Waals surface area (Å²) in [7, 11) is 0. The van der Waals surface area contributed by atoms with Crippen molar-refractivity contribution in [1.29, 1.82) is 0 Å². The molecule has 1 unspecified atom stereocenters. The van der Waals surface area contributed by atoms with Crippen molar-refractivity contribution < 1.29 is 5.11 Å². The molecule has 98 valence electrons. The molecule has 18 heavy (non-hydrogen) atoms. The quantitative estimate of drug-likeness (QED) is 0.564. The first kappa shape index (κ1) is 14.8. The predicted molar refractivity (Wildman–Crippen MR) is 77.3 cm³/mol. The van der Waals surface area contributed by atoms with Crippen LogP contribution in [-0.4, -0.2) is 11.2 Å². The molecule has 1 N–H and O–H groups in total. The molecule has 0 aliphatic carbocycles. The zero-order valence-electron chi connectivity index (χ0n) is 11.4. The minimum Gasteiger partial charge on any atom is -0.393 e. The summed E-state index contributed by atoms with van der Waals surface area (Å²) in [4.78, 5) is 0. The van der Waals surface area contributed by atoms with Gasteiger partial charge in [0.2, 0.25) is 0 Å². The highest BCUT2D eigenvalue weighted by Gasteiger charge is 2.01. The molecule has 1 aromatic rings.